The van der Waals surface area contributed by atoms with Gasteiger partial charge in [0.1, 0.15) is 5.75 Å². The number of esters is 1. The number of amides is 2. The Morgan fingerprint density at radius 3 is 2.42 bits per heavy atom. The van der Waals surface area contributed by atoms with Gasteiger partial charge < -0.3 is 19.2 Å². The molecule has 0 bridgehead atoms. The number of hydrogen-bond acceptors (Lipinski definition) is 7. The number of halogens is 2. The first-order valence-electron chi connectivity index (χ1n) is 11.0. The summed E-state index contributed by atoms with van der Waals surface area (Å²) in [5, 5.41) is 6.76. The lowest BCUT2D eigenvalue weighted by Gasteiger charge is -2.10. The highest BCUT2D eigenvalue weighted by Crippen LogP contribution is 2.32. The molecule has 0 radical (unpaired) electrons. The summed E-state index contributed by atoms with van der Waals surface area (Å²) in [5.41, 5.74) is 3.95. The van der Waals surface area contributed by atoms with E-state index in [9.17, 15) is 14.4 Å². The van der Waals surface area contributed by atoms with Gasteiger partial charge in [-0.1, -0.05) is 28.1 Å². The summed E-state index contributed by atoms with van der Waals surface area (Å²) in [6.45, 7) is 0. The van der Waals surface area contributed by atoms with Crippen LogP contribution in [0.4, 0.5) is 5.69 Å². The summed E-state index contributed by atoms with van der Waals surface area (Å²) in [7, 11) is 1.52. The van der Waals surface area contributed by atoms with E-state index in [2.05, 4.69) is 47.7 Å². The minimum Gasteiger partial charge on any atom is -0.497 e. The van der Waals surface area contributed by atoms with Crippen LogP contribution in [0.1, 0.15) is 36.8 Å². The van der Waals surface area contributed by atoms with Gasteiger partial charge in [0, 0.05) is 26.9 Å². The number of methoxy groups -OCH3 is 1. The molecule has 4 aromatic rings. The maximum Gasteiger partial charge on any atom is 0.379 e. The predicted octanol–water partition coefficient (Wildman–Crippen LogP) is 6.05. The van der Waals surface area contributed by atoms with Crippen molar-refractivity contribution >= 4 is 61.5 Å². The Kier molecular flexibility index (Phi) is 8.72. The van der Waals surface area contributed by atoms with Crippen LogP contribution in [0.5, 0.6) is 11.5 Å². The maximum absolute atomic E-state index is 12.7. The Morgan fingerprint density at radius 2 is 1.68 bits per heavy atom. The van der Waals surface area contributed by atoms with Crippen molar-refractivity contribution in [2.24, 2.45) is 5.10 Å². The van der Waals surface area contributed by atoms with E-state index in [4.69, 9.17) is 13.9 Å². The van der Waals surface area contributed by atoms with E-state index in [0.29, 0.717) is 31.5 Å². The van der Waals surface area contributed by atoms with Gasteiger partial charge in [-0.25, -0.2) is 10.2 Å². The van der Waals surface area contributed by atoms with E-state index in [1.54, 1.807) is 60.7 Å². The zero-order valence-electron chi connectivity index (χ0n) is 19.7. The van der Waals surface area contributed by atoms with Crippen LogP contribution in [0.25, 0.3) is 0 Å². The summed E-state index contributed by atoms with van der Waals surface area (Å²) in [4.78, 5) is 37.7. The summed E-state index contributed by atoms with van der Waals surface area (Å²) in [6, 6.07) is 19.5. The second-order valence-corrected chi connectivity index (χ2v) is 9.41. The molecule has 1 aromatic heterocycles. The molecule has 0 saturated heterocycles. The number of hydrogen-bond donors (Lipinski definition) is 2. The van der Waals surface area contributed by atoms with E-state index >= 15 is 0 Å². The van der Waals surface area contributed by atoms with Crippen LogP contribution in [0, 0.1) is 0 Å². The number of rotatable bonds is 8. The molecule has 192 valence electrons. The lowest BCUT2D eigenvalue weighted by Crippen LogP contribution is -2.18. The lowest BCUT2D eigenvalue weighted by molar-refractivity contribution is 0.0699. The molecule has 0 aliphatic heterocycles. The molecule has 0 atom stereocenters. The standard InChI is InChI=1S/C27H19Br2N3O6/c1-36-21-8-3-6-17(13-21)25(33)31-20-7-2-5-16(12-20)26(34)32-30-15-18-11-19(28)14-22(29)24(18)38-27(35)23-9-4-10-37-23/h2-15H,1H3,(H,31,33)(H,32,34). The molecule has 3 aromatic carbocycles. The molecule has 9 nitrogen and oxygen atoms in total. The molecular weight excluding hydrogens is 622 g/mol. The van der Waals surface area contributed by atoms with Crippen LogP contribution in [-0.4, -0.2) is 31.1 Å². The van der Waals surface area contributed by atoms with E-state index in [0.717, 1.165) is 0 Å². The Hall–Kier alpha value is -4.22. The number of carbonyl (C=O) groups excluding carboxylic acids is 3. The summed E-state index contributed by atoms with van der Waals surface area (Å²) >= 11 is 6.75. The SMILES string of the molecule is COc1cccc(C(=O)Nc2cccc(C(=O)NN=Cc3cc(Br)cc(Br)c3OC(=O)c3ccco3)c2)c1. The average molecular weight is 641 g/mol. The second kappa shape index (κ2) is 12.3. The first kappa shape index (κ1) is 26.8. The van der Waals surface area contributed by atoms with Gasteiger partial charge >= 0.3 is 5.97 Å². The van der Waals surface area contributed by atoms with Crippen LogP contribution in [0.3, 0.4) is 0 Å². The van der Waals surface area contributed by atoms with E-state index in [-0.39, 0.29) is 23.0 Å². The first-order chi connectivity index (χ1) is 18.3. The van der Waals surface area contributed by atoms with Crippen molar-refractivity contribution < 1.29 is 28.3 Å². The topological polar surface area (TPSA) is 119 Å². The fraction of sp³-hybridized carbons (Fsp3) is 0.0370. The van der Waals surface area contributed by atoms with Crippen LogP contribution in [-0.2, 0) is 0 Å². The smallest absolute Gasteiger partial charge is 0.379 e. The highest BCUT2D eigenvalue weighted by Gasteiger charge is 2.17. The van der Waals surface area contributed by atoms with Gasteiger partial charge in [0.05, 0.1) is 24.1 Å². The molecule has 2 amide bonds. The highest BCUT2D eigenvalue weighted by atomic mass is 79.9. The summed E-state index contributed by atoms with van der Waals surface area (Å²) in [6.07, 6.45) is 2.71. The second-order valence-electron chi connectivity index (χ2n) is 7.64. The van der Waals surface area contributed by atoms with Gasteiger partial charge in [0.2, 0.25) is 5.76 Å². The van der Waals surface area contributed by atoms with E-state index in [1.165, 1.54) is 31.7 Å². The fourth-order valence-corrected chi connectivity index (χ4v) is 4.59. The van der Waals surface area contributed by atoms with Gasteiger partial charge in [0.15, 0.2) is 5.75 Å². The van der Waals surface area contributed by atoms with Crippen LogP contribution >= 0.6 is 31.9 Å². The Balaban J connectivity index is 1.45. The molecule has 2 N–H and O–H groups in total. The van der Waals surface area contributed by atoms with Crippen molar-refractivity contribution in [1.82, 2.24) is 5.43 Å². The molecule has 0 fully saturated rings. The number of ether oxygens (including phenoxy) is 2. The normalized spacial score (nSPS) is 10.7. The number of carbonyl (C=O) groups is 3. The minimum atomic E-state index is -0.690. The number of nitrogens with one attached hydrogen (secondary N) is 2. The van der Waals surface area contributed by atoms with Crippen molar-refractivity contribution in [1.29, 1.82) is 0 Å². The molecule has 1 heterocycles. The quantitative estimate of drug-likeness (QED) is 0.105. The fourth-order valence-electron chi connectivity index (χ4n) is 3.25. The zero-order chi connectivity index (χ0) is 27.1. The molecule has 0 aliphatic carbocycles. The van der Waals surface area contributed by atoms with Crippen LogP contribution < -0.4 is 20.2 Å². The average Bonchev–Trinajstić information content (AvgIpc) is 3.46. The highest BCUT2D eigenvalue weighted by molar-refractivity contribution is 9.11. The number of nitrogens with zero attached hydrogens (tertiary/aromatic N) is 1. The van der Waals surface area contributed by atoms with E-state index < -0.39 is 11.9 Å². The molecule has 0 aliphatic rings. The van der Waals surface area contributed by atoms with Gasteiger partial charge in [-0.05, 0) is 76.6 Å². The Morgan fingerprint density at radius 1 is 0.921 bits per heavy atom. The zero-order valence-corrected chi connectivity index (χ0v) is 22.9. The summed E-state index contributed by atoms with van der Waals surface area (Å²) in [5.74, 6) is -0.771. The van der Waals surface area contributed by atoms with Crippen LogP contribution in [0.15, 0.2) is 97.5 Å². The molecule has 0 spiro atoms. The first-order valence-corrected chi connectivity index (χ1v) is 12.6. The molecule has 0 saturated carbocycles. The third kappa shape index (κ3) is 6.75. The predicted molar refractivity (Wildman–Crippen MR) is 148 cm³/mol. The van der Waals surface area contributed by atoms with Crippen molar-refractivity contribution in [3.05, 3.63) is 110 Å². The van der Waals surface area contributed by atoms with Gasteiger partial charge in [0.25, 0.3) is 11.8 Å². The molecule has 38 heavy (non-hydrogen) atoms. The minimum absolute atomic E-state index is 0.0365. The number of hydrazone groups is 1. The number of benzene rings is 3. The van der Waals surface area contributed by atoms with Gasteiger partial charge in [-0.3, -0.25) is 9.59 Å². The van der Waals surface area contributed by atoms with Crippen LogP contribution in [0.2, 0.25) is 0 Å². The van der Waals surface area contributed by atoms with Crippen molar-refractivity contribution in [3.63, 3.8) is 0 Å². The third-order valence-corrected chi connectivity index (χ3v) is 6.09. The number of furan rings is 1. The molecule has 11 heteroatoms. The summed E-state index contributed by atoms with van der Waals surface area (Å²) < 4.78 is 16.9. The lowest BCUT2D eigenvalue weighted by atomic mass is 10.1. The van der Waals surface area contributed by atoms with Gasteiger partial charge in [-0.15, -0.1) is 0 Å². The Labute approximate surface area is 234 Å². The number of anilines is 1. The Bertz CT molecular complexity index is 1520. The van der Waals surface area contributed by atoms with Crippen molar-refractivity contribution in [3.8, 4) is 11.5 Å². The molecule has 4 rings (SSSR count). The van der Waals surface area contributed by atoms with E-state index in [1.807, 2.05) is 0 Å². The van der Waals surface area contributed by atoms with Crippen molar-refractivity contribution in [2.75, 3.05) is 12.4 Å². The maximum atomic E-state index is 12.7. The monoisotopic (exact) mass is 639 g/mol. The molecule has 0 unspecified atom stereocenters. The van der Waals surface area contributed by atoms with Crippen molar-refractivity contribution in [2.45, 2.75) is 0 Å². The van der Waals surface area contributed by atoms with Gasteiger partial charge in [-0.2, -0.15) is 5.10 Å². The molecular formula is C27H19Br2N3O6. The largest absolute Gasteiger partial charge is 0.497 e. The third-order valence-electron chi connectivity index (χ3n) is 5.04.